The van der Waals surface area contributed by atoms with E-state index in [9.17, 15) is 5.11 Å². The minimum absolute atomic E-state index is 0.0696. The van der Waals surface area contributed by atoms with E-state index in [1.807, 2.05) is 30.3 Å². The Labute approximate surface area is 92.3 Å². The lowest BCUT2D eigenvalue weighted by Gasteiger charge is -2.19. The minimum Gasteiger partial charge on any atom is -0.394 e. The molecule has 0 radical (unpaired) electrons. The molecule has 0 aliphatic heterocycles. The van der Waals surface area contributed by atoms with Gasteiger partial charge in [-0.15, -0.1) is 0 Å². The second kappa shape index (κ2) is 6.59. The third-order valence-electron chi connectivity index (χ3n) is 2.79. The van der Waals surface area contributed by atoms with Gasteiger partial charge in [0.25, 0.3) is 0 Å². The average molecular weight is 207 g/mol. The smallest absolute Gasteiger partial charge is 0.0626 e. The molecule has 0 amide bonds. The Morgan fingerprint density at radius 3 is 2.47 bits per heavy atom. The van der Waals surface area contributed by atoms with Gasteiger partial charge in [-0.1, -0.05) is 50.6 Å². The summed E-state index contributed by atoms with van der Waals surface area (Å²) in [5, 5.41) is 12.7. The number of hydrogen-bond acceptors (Lipinski definition) is 2. The zero-order valence-electron chi connectivity index (χ0n) is 9.61. The van der Waals surface area contributed by atoms with E-state index in [-0.39, 0.29) is 12.6 Å². The summed E-state index contributed by atoms with van der Waals surface area (Å²) in [6, 6.07) is 10.2. The third kappa shape index (κ3) is 4.02. The van der Waals surface area contributed by atoms with Gasteiger partial charge in [0, 0.05) is 0 Å². The lowest BCUT2D eigenvalue weighted by molar-refractivity contribution is 0.239. The van der Waals surface area contributed by atoms with E-state index >= 15 is 0 Å². The van der Waals surface area contributed by atoms with Crippen molar-refractivity contribution >= 4 is 0 Å². The van der Waals surface area contributed by atoms with E-state index in [1.165, 1.54) is 6.42 Å². The fourth-order valence-electron chi connectivity index (χ4n) is 1.46. The van der Waals surface area contributed by atoms with Crippen LogP contribution in [0.4, 0.5) is 0 Å². The van der Waals surface area contributed by atoms with Crippen LogP contribution in [-0.4, -0.2) is 18.3 Å². The third-order valence-corrected chi connectivity index (χ3v) is 2.79. The number of rotatable bonds is 6. The van der Waals surface area contributed by atoms with Gasteiger partial charge in [0.1, 0.15) is 0 Å². The first-order valence-electron chi connectivity index (χ1n) is 5.67. The van der Waals surface area contributed by atoms with Gasteiger partial charge in [0.15, 0.2) is 0 Å². The fourth-order valence-corrected chi connectivity index (χ4v) is 1.46. The average Bonchev–Trinajstić information content (AvgIpc) is 2.31. The first-order valence-corrected chi connectivity index (χ1v) is 5.67. The van der Waals surface area contributed by atoms with Gasteiger partial charge in [0.2, 0.25) is 0 Å². The molecule has 0 spiro atoms. The Morgan fingerprint density at radius 1 is 1.27 bits per heavy atom. The van der Waals surface area contributed by atoms with Crippen molar-refractivity contribution in [2.75, 3.05) is 13.2 Å². The first kappa shape index (κ1) is 12.2. The molecule has 2 atom stereocenters. The highest BCUT2D eigenvalue weighted by Crippen LogP contribution is 2.12. The number of aliphatic hydroxyl groups is 1. The Morgan fingerprint density at radius 2 is 1.93 bits per heavy atom. The number of aliphatic hydroxyl groups excluding tert-OH is 1. The van der Waals surface area contributed by atoms with E-state index in [0.717, 1.165) is 12.1 Å². The summed E-state index contributed by atoms with van der Waals surface area (Å²) in [7, 11) is 0. The molecule has 84 valence electrons. The van der Waals surface area contributed by atoms with Crippen LogP contribution >= 0.6 is 0 Å². The maximum Gasteiger partial charge on any atom is 0.0626 e. The maximum absolute atomic E-state index is 9.30. The zero-order valence-corrected chi connectivity index (χ0v) is 9.61. The Balaban J connectivity index is 2.50. The molecule has 2 N–H and O–H groups in total. The molecule has 0 saturated heterocycles. The molecule has 1 aromatic rings. The monoisotopic (exact) mass is 207 g/mol. The summed E-state index contributed by atoms with van der Waals surface area (Å²) in [4.78, 5) is 0. The molecule has 0 bridgehead atoms. The molecule has 0 heterocycles. The highest BCUT2D eigenvalue weighted by Gasteiger charge is 2.09. The van der Waals surface area contributed by atoms with Gasteiger partial charge in [-0.25, -0.2) is 0 Å². The molecule has 1 aromatic carbocycles. The van der Waals surface area contributed by atoms with Crippen LogP contribution in [0, 0.1) is 5.92 Å². The molecule has 2 nitrogen and oxygen atoms in total. The molecule has 15 heavy (non-hydrogen) atoms. The van der Waals surface area contributed by atoms with E-state index in [0.29, 0.717) is 5.92 Å². The maximum atomic E-state index is 9.30. The number of hydrogen-bond donors (Lipinski definition) is 2. The first-order chi connectivity index (χ1) is 7.27. The molecule has 1 rings (SSSR count). The van der Waals surface area contributed by atoms with Gasteiger partial charge in [-0.05, 0) is 18.0 Å². The summed E-state index contributed by atoms with van der Waals surface area (Å²) < 4.78 is 0. The lowest BCUT2D eigenvalue weighted by atomic mass is 10.1. The summed E-state index contributed by atoms with van der Waals surface area (Å²) in [5.74, 6) is 0.655. The topological polar surface area (TPSA) is 32.3 Å². The lowest BCUT2D eigenvalue weighted by Crippen LogP contribution is -2.28. The van der Waals surface area contributed by atoms with Gasteiger partial charge < -0.3 is 10.4 Å². The van der Waals surface area contributed by atoms with Crippen molar-refractivity contribution in [2.45, 2.75) is 26.3 Å². The van der Waals surface area contributed by atoms with Crippen LogP contribution in [0.25, 0.3) is 0 Å². The number of benzene rings is 1. The van der Waals surface area contributed by atoms with Crippen LogP contribution in [-0.2, 0) is 0 Å². The van der Waals surface area contributed by atoms with E-state index in [1.54, 1.807) is 0 Å². The second-order valence-electron chi connectivity index (χ2n) is 4.07. The Bertz CT molecular complexity index is 260. The summed E-state index contributed by atoms with van der Waals surface area (Å²) >= 11 is 0. The van der Waals surface area contributed by atoms with Crippen molar-refractivity contribution in [1.82, 2.24) is 5.32 Å². The molecule has 0 unspecified atom stereocenters. The second-order valence-corrected chi connectivity index (χ2v) is 4.07. The van der Waals surface area contributed by atoms with Crippen LogP contribution in [0.2, 0.25) is 0 Å². The van der Waals surface area contributed by atoms with Crippen molar-refractivity contribution in [3.8, 4) is 0 Å². The fraction of sp³-hybridized carbons (Fsp3) is 0.538. The van der Waals surface area contributed by atoms with Crippen LogP contribution in [0.1, 0.15) is 31.9 Å². The zero-order chi connectivity index (χ0) is 11.1. The molecule has 0 aliphatic carbocycles. The van der Waals surface area contributed by atoms with E-state index < -0.39 is 0 Å². The quantitative estimate of drug-likeness (QED) is 0.750. The summed E-state index contributed by atoms with van der Waals surface area (Å²) in [6.45, 7) is 5.51. The highest BCUT2D eigenvalue weighted by atomic mass is 16.3. The number of nitrogens with one attached hydrogen (secondary N) is 1. The highest BCUT2D eigenvalue weighted by molar-refractivity contribution is 5.18. The minimum atomic E-state index is 0.0696. The van der Waals surface area contributed by atoms with E-state index in [4.69, 9.17) is 0 Å². The van der Waals surface area contributed by atoms with Crippen LogP contribution in [0.5, 0.6) is 0 Å². The van der Waals surface area contributed by atoms with Crippen LogP contribution in [0.3, 0.4) is 0 Å². The molecule has 0 aliphatic rings. The van der Waals surface area contributed by atoms with Crippen molar-refractivity contribution in [3.05, 3.63) is 35.9 Å². The molecular formula is C13H21NO. The van der Waals surface area contributed by atoms with Gasteiger partial charge >= 0.3 is 0 Å². The standard InChI is InChI=1S/C13H21NO/c1-3-11(2)9-14-13(10-15)12-7-5-4-6-8-12/h4-8,11,13-15H,3,9-10H2,1-2H3/t11-,13+/m1/s1. The predicted octanol–water partition coefficient (Wildman–Crippen LogP) is 2.36. The van der Waals surface area contributed by atoms with Crippen LogP contribution < -0.4 is 5.32 Å². The Kier molecular flexibility index (Phi) is 5.37. The largest absolute Gasteiger partial charge is 0.394 e. The molecule has 0 saturated carbocycles. The van der Waals surface area contributed by atoms with E-state index in [2.05, 4.69) is 19.2 Å². The van der Waals surface area contributed by atoms with Crippen molar-refractivity contribution in [1.29, 1.82) is 0 Å². The predicted molar refractivity (Wildman–Crippen MR) is 63.7 cm³/mol. The van der Waals surface area contributed by atoms with Gasteiger partial charge in [0.05, 0.1) is 12.6 Å². The van der Waals surface area contributed by atoms with Gasteiger partial charge in [-0.3, -0.25) is 0 Å². The van der Waals surface area contributed by atoms with Crippen molar-refractivity contribution < 1.29 is 5.11 Å². The SMILES string of the molecule is CC[C@@H](C)CN[C@@H](CO)c1ccccc1. The molecule has 2 heteroatoms. The van der Waals surface area contributed by atoms with Crippen molar-refractivity contribution in [3.63, 3.8) is 0 Å². The molecule has 0 fully saturated rings. The molecule has 0 aromatic heterocycles. The summed E-state index contributed by atoms with van der Waals surface area (Å²) in [5.41, 5.74) is 1.16. The Hall–Kier alpha value is -0.860. The van der Waals surface area contributed by atoms with Crippen molar-refractivity contribution in [2.24, 2.45) is 5.92 Å². The van der Waals surface area contributed by atoms with Gasteiger partial charge in [-0.2, -0.15) is 0 Å². The van der Waals surface area contributed by atoms with Crippen LogP contribution in [0.15, 0.2) is 30.3 Å². The molecular weight excluding hydrogens is 186 g/mol. The summed E-state index contributed by atoms with van der Waals surface area (Å²) in [6.07, 6.45) is 1.17. The normalized spacial score (nSPS) is 14.9.